The predicted octanol–water partition coefficient (Wildman–Crippen LogP) is 1.10. The number of nitrogen functional groups attached to an aromatic ring is 1. The first-order chi connectivity index (χ1) is 9.21. The zero-order valence-electron chi connectivity index (χ0n) is 11.2. The number of ether oxygens (including phenoxy) is 1. The summed E-state index contributed by atoms with van der Waals surface area (Å²) in [4.78, 5) is 12.3. The number of anilines is 1. The molecule has 0 saturated heterocycles. The molecule has 2 rings (SSSR count). The molecule has 2 aromatic heterocycles. The van der Waals surface area contributed by atoms with E-state index in [4.69, 9.17) is 10.5 Å². The van der Waals surface area contributed by atoms with E-state index in [0.29, 0.717) is 17.0 Å². The summed E-state index contributed by atoms with van der Waals surface area (Å²) < 4.78 is 7.69. The quantitative estimate of drug-likeness (QED) is 0.811. The van der Waals surface area contributed by atoms with E-state index in [9.17, 15) is 5.11 Å². The minimum Gasteiger partial charge on any atom is -0.394 e. The van der Waals surface area contributed by atoms with Gasteiger partial charge in [-0.2, -0.15) is 0 Å². The maximum absolute atomic E-state index is 9.23. The molecule has 0 aliphatic rings. The van der Waals surface area contributed by atoms with Crippen LogP contribution in [0.25, 0.3) is 11.2 Å². The molecule has 0 spiro atoms. The van der Waals surface area contributed by atoms with Gasteiger partial charge in [-0.1, -0.05) is 13.8 Å². The standard InChI is InChI=1S/C12H19N5O2/c1-3-8(5-18)19-9(4-2)17-7-16-10-11(13)14-6-15-12(10)17/h6-9,18H,3-5H2,1-2H3,(H2,13,14,15)/t8-,9?/m0/s1. The Balaban J connectivity index is 2.33. The Kier molecular flexibility index (Phi) is 4.28. The van der Waals surface area contributed by atoms with Crippen molar-refractivity contribution in [3.05, 3.63) is 12.7 Å². The van der Waals surface area contributed by atoms with E-state index in [-0.39, 0.29) is 18.9 Å². The number of hydrogen-bond donors (Lipinski definition) is 2. The molecule has 0 aromatic carbocycles. The molecule has 2 aromatic rings. The first-order valence-electron chi connectivity index (χ1n) is 6.40. The van der Waals surface area contributed by atoms with Gasteiger partial charge in [-0.05, 0) is 12.8 Å². The van der Waals surface area contributed by atoms with Crippen LogP contribution in [-0.4, -0.2) is 37.3 Å². The van der Waals surface area contributed by atoms with Crippen molar-refractivity contribution in [1.82, 2.24) is 19.5 Å². The van der Waals surface area contributed by atoms with Crippen LogP contribution in [0.15, 0.2) is 12.7 Å². The SMILES string of the molecule is CCC(O[C@@H](CC)CO)n1cnc2c(N)ncnc21. The van der Waals surface area contributed by atoms with Gasteiger partial charge in [0.05, 0.1) is 19.0 Å². The number of fused-ring (bicyclic) bond motifs is 1. The number of imidazole rings is 1. The van der Waals surface area contributed by atoms with Gasteiger partial charge in [-0.25, -0.2) is 15.0 Å². The van der Waals surface area contributed by atoms with E-state index in [1.54, 1.807) is 6.33 Å². The normalized spacial score (nSPS) is 14.7. The third kappa shape index (κ3) is 2.66. The molecule has 0 radical (unpaired) electrons. The second-order valence-corrected chi connectivity index (χ2v) is 4.29. The van der Waals surface area contributed by atoms with Gasteiger partial charge in [0, 0.05) is 0 Å². The minimum atomic E-state index is -0.226. The van der Waals surface area contributed by atoms with Crippen LogP contribution in [0.3, 0.4) is 0 Å². The number of aromatic nitrogens is 4. The van der Waals surface area contributed by atoms with Gasteiger partial charge in [0.25, 0.3) is 0 Å². The summed E-state index contributed by atoms with van der Waals surface area (Å²) in [5.41, 5.74) is 6.97. The highest BCUT2D eigenvalue weighted by atomic mass is 16.5. The maximum Gasteiger partial charge on any atom is 0.167 e. The minimum absolute atomic E-state index is 0.00322. The lowest BCUT2D eigenvalue weighted by molar-refractivity contribution is -0.0757. The lowest BCUT2D eigenvalue weighted by Crippen LogP contribution is -2.23. The summed E-state index contributed by atoms with van der Waals surface area (Å²) in [5, 5.41) is 9.23. The molecule has 19 heavy (non-hydrogen) atoms. The van der Waals surface area contributed by atoms with Crippen LogP contribution in [0.2, 0.25) is 0 Å². The van der Waals surface area contributed by atoms with Gasteiger partial charge in [-0.3, -0.25) is 4.57 Å². The molecule has 0 fully saturated rings. The van der Waals surface area contributed by atoms with Crippen LogP contribution in [0.1, 0.15) is 32.9 Å². The molecule has 2 heterocycles. The Labute approximate surface area is 111 Å². The van der Waals surface area contributed by atoms with E-state index < -0.39 is 0 Å². The zero-order valence-corrected chi connectivity index (χ0v) is 11.2. The van der Waals surface area contributed by atoms with Crippen molar-refractivity contribution in [2.45, 2.75) is 39.0 Å². The van der Waals surface area contributed by atoms with Crippen LogP contribution in [0.5, 0.6) is 0 Å². The van der Waals surface area contributed by atoms with Gasteiger partial charge < -0.3 is 15.6 Å². The molecular formula is C12H19N5O2. The highest BCUT2D eigenvalue weighted by molar-refractivity contribution is 5.81. The molecule has 0 aliphatic carbocycles. The number of aliphatic hydroxyl groups is 1. The summed E-state index contributed by atoms with van der Waals surface area (Å²) in [6.07, 6.45) is 4.13. The van der Waals surface area contributed by atoms with Crippen molar-refractivity contribution in [2.24, 2.45) is 0 Å². The number of nitrogens with zero attached hydrogens (tertiary/aromatic N) is 4. The van der Waals surface area contributed by atoms with E-state index in [1.165, 1.54) is 6.33 Å². The Hall–Kier alpha value is -1.73. The van der Waals surface area contributed by atoms with Crippen molar-refractivity contribution in [3.63, 3.8) is 0 Å². The molecule has 0 saturated carbocycles. The summed E-state index contributed by atoms with van der Waals surface area (Å²) >= 11 is 0. The average molecular weight is 265 g/mol. The fourth-order valence-electron chi connectivity index (χ4n) is 1.93. The predicted molar refractivity (Wildman–Crippen MR) is 71.3 cm³/mol. The summed E-state index contributed by atoms with van der Waals surface area (Å²) in [6.45, 7) is 3.97. The Bertz CT molecular complexity index is 538. The number of aliphatic hydroxyl groups excluding tert-OH is 1. The molecule has 0 bridgehead atoms. The van der Waals surface area contributed by atoms with E-state index >= 15 is 0 Å². The number of rotatable bonds is 6. The third-order valence-corrected chi connectivity index (χ3v) is 3.06. The summed E-state index contributed by atoms with van der Waals surface area (Å²) in [6, 6.07) is 0. The molecule has 104 valence electrons. The second-order valence-electron chi connectivity index (χ2n) is 4.29. The Morgan fingerprint density at radius 2 is 2.11 bits per heavy atom. The van der Waals surface area contributed by atoms with Crippen molar-refractivity contribution < 1.29 is 9.84 Å². The maximum atomic E-state index is 9.23. The van der Waals surface area contributed by atoms with Gasteiger partial charge in [-0.15, -0.1) is 0 Å². The lowest BCUT2D eigenvalue weighted by Gasteiger charge is -2.23. The van der Waals surface area contributed by atoms with Crippen molar-refractivity contribution in [2.75, 3.05) is 12.3 Å². The summed E-state index contributed by atoms with van der Waals surface area (Å²) in [5.74, 6) is 0.354. The largest absolute Gasteiger partial charge is 0.394 e. The lowest BCUT2D eigenvalue weighted by atomic mass is 10.3. The first kappa shape index (κ1) is 13.7. The molecule has 1 unspecified atom stereocenters. The summed E-state index contributed by atoms with van der Waals surface area (Å²) in [7, 11) is 0. The first-order valence-corrected chi connectivity index (χ1v) is 6.40. The van der Waals surface area contributed by atoms with Crippen LogP contribution in [0, 0.1) is 0 Å². The van der Waals surface area contributed by atoms with Crippen molar-refractivity contribution in [1.29, 1.82) is 0 Å². The van der Waals surface area contributed by atoms with Gasteiger partial charge in [0.1, 0.15) is 18.1 Å². The highest BCUT2D eigenvalue weighted by Crippen LogP contribution is 2.23. The van der Waals surface area contributed by atoms with Crippen molar-refractivity contribution in [3.8, 4) is 0 Å². The van der Waals surface area contributed by atoms with E-state index in [2.05, 4.69) is 15.0 Å². The molecule has 3 N–H and O–H groups in total. The Morgan fingerprint density at radius 1 is 1.32 bits per heavy atom. The van der Waals surface area contributed by atoms with Crippen LogP contribution in [-0.2, 0) is 4.74 Å². The fourth-order valence-corrected chi connectivity index (χ4v) is 1.93. The van der Waals surface area contributed by atoms with Gasteiger partial charge >= 0.3 is 0 Å². The van der Waals surface area contributed by atoms with Gasteiger partial charge in [0.15, 0.2) is 11.5 Å². The van der Waals surface area contributed by atoms with E-state index in [0.717, 1.165) is 12.8 Å². The smallest absolute Gasteiger partial charge is 0.167 e. The second kappa shape index (κ2) is 5.94. The molecule has 7 nitrogen and oxygen atoms in total. The molecular weight excluding hydrogens is 246 g/mol. The Morgan fingerprint density at radius 3 is 2.74 bits per heavy atom. The fraction of sp³-hybridized carbons (Fsp3) is 0.583. The number of hydrogen-bond acceptors (Lipinski definition) is 6. The van der Waals surface area contributed by atoms with E-state index in [1.807, 2.05) is 18.4 Å². The molecule has 7 heteroatoms. The molecule has 0 amide bonds. The number of nitrogens with two attached hydrogens (primary N) is 1. The molecule has 0 aliphatic heterocycles. The monoisotopic (exact) mass is 265 g/mol. The molecule has 2 atom stereocenters. The third-order valence-electron chi connectivity index (χ3n) is 3.06. The average Bonchev–Trinajstić information content (AvgIpc) is 2.86. The van der Waals surface area contributed by atoms with Crippen LogP contribution in [0.4, 0.5) is 5.82 Å². The van der Waals surface area contributed by atoms with Crippen LogP contribution < -0.4 is 5.73 Å². The van der Waals surface area contributed by atoms with Gasteiger partial charge in [0.2, 0.25) is 0 Å². The highest BCUT2D eigenvalue weighted by Gasteiger charge is 2.18. The zero-order chi connectivity index (χ0) is 13.8. The van der Waals surface area contributed by atoms with Crippen molar-refractivity contribution >= 4 is 17.0 Å². The topological polar surface area (TPSA) is 99.1 Å². The van der Waals surface area contributed by atoms with Crippen LogP contribution >= 0.6 is 0 Å².